The van der Waals surface area contributed by atoms with Crippen LogP contribution in [0.4, 0.5) is 5.00 Å². The van der Waals surface area contributed by atoms with Crippen LogP contribution < -0.4 is 26.1 Å². The van der Waals surface area contributed by atoms with Gasteiger partial charge in [0.2, 0.25) is 5.88 Å². The third-order valence-electron chi connectivity index (χ3n) is 5.00. The summed E-state index contributed by atoms with van der Waals surface area (Å²) in [6.45, 7) is 4.81. The number of hydrogen-bond acceptors (Lipinski definition) is 8. The Morgan fingerprint density at radius 2 is 2.06 bits per heavy atom. The summed E-state index contributed by atoms with van der Waals surface area (Å²) in [5.41, 5.74) is 7.45. The highest BCUT2D eigenvalue weighted by Crippen LogP contribution is 2.48. The van der Waals surface area contributed by atoms with Gasteiger partial charge < -0.3 is 25.5 Å². The number of aromatic amines is 1. The minimum atomic E-state index is -0.764. The zero-order valence-electron chi connectivity index (χ0n) is 16.9. The molecule has 1 unspecified atom stereocenters. The number of benzene rings is 1. The van der Waals surface area contributed by atoms with E-state index in [0.29, 0.717) is 45.2 Å². The molecule has 31 heavy (non-hydrogen) atoms. The van der Waals surface area contributed by atoms with E-state index in [9.17, 15) is 15.3 Å². The van der Waals surface area contributed by atoms with Crippen molar-refractivity contribution in [1.29, 1.82) is 10.5 Å². The Hall–Kier alpha value is -3.95. The van der Waals surface area contributed by atoms with Gasteiger partial charge in [-0.05, 0) is 19.9 Å². The standard InChI is InChI=1S/C22H19N5O3S/c1-3-26-22-13(10-24)17-19(31-22)18-16(21(28)27-17)15(12(9-23)20(25)30-18)11-7-5-6-8-14(11)29-4-2/h5-8,15,26H,3-4,25H2,1-2H3,(H,27,28). The van der Waals surface area contributed by atoms with Crippen molar-refractivity contribution in [2.75, 3.05) is 18.5 Å². The SMILES string of the molecule is CCNc1sc2c3c(c(=O)[nH]c2c1C#N)C(c1ccccc1OCC)C(C#N)=C(N)O3. The van der Waals surface area contributed by atoms with Gasteiger partial charge in [-0.15, -0.1) is 11.3 Å². The van der Waals surface area contributed by atoms with E-state index in [1.807, 2.05) is 26.0 Å². The topological polar surface area (TPSA) is 137 Å². The summed E-state index contributed by atoms with van der Waals surface area (Å²) in [5.74, 6) is -0.0210. The van der Waals surface area contributed by atoms with Crippen LogP contribution in [0, 0.1) is 22.7 Å². The Morgan fingerprint density at radius 1 is 1.29 bits per heavy atom. The first-order valence-electron chi connectivity index (χ1n) is 9.71. The number of allylic oxidation sites excluding steroid dienone is 1. The van der Waals surface area contributed by atoms with E-state index in [-0.39, 0.29) is 22.8 Å². The Kier molecular flexibility index (Phi) is 5.28. The number of para-hydroxylation sites is 1. The molecule has 0 spiro atoms. The van der Waals surface area contributed by atoms with E-state index < -0.39 is 11.5 Å². The number of nitrogens with zero attached hydrogens (tertiary/aromatic N) is 2. The van der Waals surface area contributed by atoms with Crippen LogP contribution in [-0.2, 0) is 0 Å². The first-order valence-corrected chi connectivity index (χ1v) is 10.5. The van der Waals surface area contributed by atoms with E-state index in [1.54, 1.807) is 12.1 Å². The van der Waals surface area contributed by atoms with Gasteiger partial charge in [0.1, 0.15) is 34.0 Å². The molecule has 9 heteroatoms. The average molecular weight is 433 g/mol. The second-order valence-electron chi connectivity index (χ2n) is 6.75. The van der Waals surface area contributed by atoms with Crippen molar-refractivity contribution in [2.24, 2.45) is 5.73 Å². The summed E-state index contributed by atoms with van der Waals surface area (Å²) < 4.78 is 12.2. The second-order valence-corrected chi connectivity index (χ2v) is 7.77. The molecule has 1 aliphatic rings. The summed E-state index contributed by atoms with van der Waals surface area (Å²) in [4.78, 5) is 16.1. The fraction of sp³-hybridized carbons (Fsp3) is 0.227. The Bertz CT molecular complexity index is 1360. The zero-order valence-corrected chi connectivity index (χ0v) is 17.7. The van der Waals surface area contributed by atoms with Gasteiger partial charge in [0.15, 0.2) is 5.75 Å². The van der Waals surface area contributed by atoms with E-state index in [2.05, 4.69) is 22.4 Å². The number of thiophene rings is 1. The number of anilines is 1. The third-order valence-corrected chi connectivity index (χ3v) is 6.14. The van der Waals surface area contributed by atoms with E-state index in [1.165, 1.54) is 11.3 Å². The number of aromatic nitrogens is 1. The van der Waals surface area contributed by atoms with Crippen molar-refractivity contribution in [3.63, 3.8) is 0 Å². The predicted molar refractivity (Wildman–Crippen MR) is 118 cm³/mol. The van der Waals surface area contributed by atoms with Crippen molar-refractivity contribution in [1.82, 2.24) is 4.98 Å². The van der Waals surface area contributed by atoms with Crippen molar-refractivity contribution in [3.8, 4) is 23.6 Å². The molecular weight excluding hydrogens is 414 g/mol. The minimum Gasteiger partial charge on any atom is -0.494 e. The highest BCUT2D eigenvalue weighted by molar-refractivity contribution is 7.23. The number of hydrogen-bond donors (Lipinski definition) is 3. The number of nitrogens with two attached hydrogens (primary N) is 1. The van der Waals surface area contributed by atoms with Crippen molar-refractivity contribution in [2.45, 2.75) is 19.8 Å². The Balaban J connectivity index is 2.07. The van der Waals surface area contributed by atoms with Gasteiger partial charge in [-0.25, -0.2) is 0 Å². The fourth-order valence-electron chi connectivity index (χ4n) is 3.76. The first kappa shape index (κ1) is 20.3. The molecule has 0 saturated heterocycles. The molecule has 3 aromatic rings. The van der Waals surface area contributed by atoms with Crippen LogP contribution in [-0.4, -0.2) is 18.1 Å². The van der Waals surface area contributed by atoms with Gasteiger partial charge in [0, 0.05) is 12.1 Å². The van der Waals surface area contributed by atoms with Gasteiger partial charge in [-0.3, -0.25) is 4.79 Å². The maximum absolute atomic E-state index is 13.3. The first-order chi connectivity index (χ1) is 15.0. The van der Waals surface area contributed by atoms with Gasteiger partial charge in [0.25, 0.3) is 5.56 Å². The van der Waals surface area contributed by atoms with Crippen LogP contribution in [0.1, 0.15) is 36.5 Å². The molecule has 156 valence electrons. The maximum atomic E-state index is 13.3. The van der Waals surface area contributed by atoms with Crippen molar-refractivity contribution >= 4 is 26.6 Å². The molecule has 0 amide bonds. The number of pyridine rings is 1. The van der Waals surface area contributed by atoms with Crippen LogP contribution in [0.3, 0.4) is 0 Å². The summed E-state index contributed by atoms with van der Waals surface area (Å²) >= 11 is 1.30. The summed E-state index contributed by atoms with van der Waals surface area (Å²) in [6.07, 6.45) is 0. The highest BCUT2D eigenvalue weighted by Gasteiger charge is 2.37. The van der Waals surface area contributed by atoms with Crippen LogP contribution in [0.25, 0.3) is 10.2 Å². The number of nitriles is 2. The Labute approximate surface area is 182 Å². The number of H-pyrrole nitrogens is 1. The molecule has 0 saturated carbocycles. The van der Waals surface area contributed by atoms with Gasteiger partial charge >= 0.3 is 0 Å². The molecule has 1 atom stereocenters. The summed E-state index contributed by atoms with van der Waals surface area (Å²) in [5, 5.41) is 23.3. The van der Waals surface area contributed by atoms with Crippen LogP contribution >= 0.6 is 11.3 Å². The third kappa shape index (κ3) is 3.16. The van der Waals surface area contributed by atoms with Gasteiger partial charge in [-0.1, -0.05) is 18.2 Å². The Morgan fingerprint density at radius 3 is 2.74 bits per heavy atom. The van der Waals surface area contributed by atoms with E-state index in [0.717, 1.165) is 0 Å². The molecule has 0 aliphatic carbocycles. The molecule has 4 N–H and O–H groups in total. The average Bonchev–Trinajstić information content (AvgIpc) is 3.11. The predicted octanol–water partition coefficient (Wildman–Crippen LogP) is 3.51. The van der Waals surface area contributed by atoms with Crippen molar-refractivity contribution in [3.05, 3.63) is 62.8 Å². The van der Waals surface area contributed by atoms with Gasteiger partial charge in [0.05, 0.1) is 28.3 Å². The highest BCUT2D eigenvalue weighted by atomic mass is 32.1. The van der Waals surface area contributed by atoms with E-state index in [4.69, 9.17) is 15.2 Å². The monoisotopic (exact) mass is 433 g/mol. The fourth-order valence-corrected chi connectivity index (χ4v) is 4.93. The number of ether oxygens (including phenoxy) is 2. The smallest absolute Gasteiger partial charge is 0.256 e. The molecule has 0 radical (unpaired) electrons. The van der Waals surface area contributed by atoms with Crippen LogP contribution in [0.5, 0.6) is 11.5 Å². The molecular formula is C22H19N5O3S. The lowest BCUT2D eigenvalue weighted by Crippen LogP contribution is -2.28. The van der Waals surface area contributed by atoms with Crippen LogP contribution in [0.2, 0.25) is 0 Å². The second kappa shape index (κ2) is 8.05. The van der Waals surface area contributed by atoms with Crippen molar-refractivity contribution < 1.29 is 9.47 Å². The molecule has 8 nitrogen and oxygen atoms in total. The normalized spacial score (nSPS) is 15.0. The molecule has 1 aliphatic heterocycles. The lowest BCUT2D eigenvalue weighted by atomic mass is 9.83. The molecule has 0 fully saturated rings. The largest absolute Gasteiger partial charge is 0.494 e. The number of nitrogens with one attached hydrogen (secondary N) is 2. The molecule has 2 aromatic heterocycles. The lowest BCUT2D eigenvalue weighted by Gasteiger charge is -2.27. The lowest BCUT2D eigenvalue weighted by molar-refractivity contribution is 0.334. The molecule has 3 heterocycles. The number of rotatable bonds is 5. The molecule has 4 rings (SSSR count). The molecule has 1 aromatic carbocycles. The zero-order chi connectivity index (χ0) is 22.1. The summed E-state index contributed by atoms with van der Waals surface area (Å²) in [6, 6.07) is 11.5. The van der Waals surface area contributed by atoms with E-state index >= 15 is 0 Å². The van der Waals surface area contributed by atoms with Crippen LogP contribution in [0.15, 0.2) is 40.5 Å². The maximum Gasteiger partial charge on any atom is 0.256 e. The molecule has 0 bridgehead atoms. The summed E-state index contributed by atoms with van der Waals surface area (Å²) in [7, 11) is 0. The quantitative estimate of drug-likeness (QED) is 0.560. The van der Waals surface area contributed by atoms with Gasteiger partial charge in [-0.2, -0.15) is 10.5 Å². The minimum absolute atomic E-state index is 0.0740. The number of fused-ring (bicyclic) bond motifs is 3.